The average Bonchev–Trinajstić information content (AvgIpc) is 2.44. The highest BCUT2D eigenvalue weighted by Gasteiger charge is 2.16. The van der Waals surface area contributed by atoms with E-state index in [0.717, 1.165) is 12.8 Å². The Morgan fingerprint density at radius 1 is 1.21 bits per heavy atom. The largest absolute Gasteiger partial charge is 0.497 e. The van der Waals surface area contributed by atoms with Crippen molar-refractivity contribution in [2.45, 2.75) is 38.9 Å². The molecule has 0 heterocycles. The van der Waals surface area contributed by atoms with Gasteiger partial charge in [-0.25, -0.2) is 0 Å². The summed E-state index contributed by atoms with van der Waals surface area (Å²) >= 11 is 0. The lowest BCUT2D eigenvalue weighted by Crippen LogP contribution is -2.15. The molecule has 0 aliphatic heterocycles. The van der Waals surface area contributed by atoms with Gasteiger partial charge in [-0.3, -0.25) is 0 Å². The van der Waals surface area contributed by atoms with Gasteiger partial charge >= 0.3 is 0 Å². The molecule has 0 saturated heterocycles. The van der Waals surface area contributed by atoms with Gasteiger partial charge in [-0.2, -0.15) is 0 Å². The maximum atomic E-state index is 10.2. The highest BCUT2D eigenvalue weighted by molar-refractivity contribution is 5.41. The molecule has 2 atom stereocenters. The monoisotopic (exact) mass is 268 g/mol. The number of hydrogen-bond donors (Lipinski definition) is 1. The van der Waals surface area contributed by atoms with Gasteiger partial charge < -0.3 is 19.3 Å². The number of aliphatic hydroxyl groups excluding tert-OH is 1. The zero-order valence-electron chi connectivity index (χ0n) is 12.2. The zero-order valence-corrected chi connectivity index (χ0v) is 12.2. The minimum Gasteiger partial charge on any atom is -0.497 e. The summed E-state index contributed by atoms with van der Waals surface area (Å²) in [5.41, 5.74) is 0.686. The van der Waals surface area contributed by atoms with E-state index in [0.29, 0.717) is 17.1 Å². The fourth-order valence-electron chi connectivity index (χ4n) is 1.93. The van der Waals surface area contributed by atoms with E-state index in [9.17, 15) is 5.11 Å². The normalized spacial score (nSPS) is 13.9. The van der Waals surface area contributed by atoms with E-state index < -0.39 is 6.10 Å². The molecule has 1 rings (SSSR count). The Kier molecular flexibility index (Phi) is 6.67. The van der Waals surface area contributed by atoms with Crippen LogP contribution in [0.15, 0.2) is 18.2 Å². The van der Waals surface area contributed by atoms with Crippen LogP contribution in [0.25, 0.3) is 0 Å². The lowest BCUT2D eigenvalue weighted by molar-refractivity contribution is -0.00663. The molecule has 0 bridgehead atoms. The summed E-state index contributed by atoms with van der Waals surface area (Å²) in [5.74, 6) is 1.33. The highest BCUT2D eigenvalue weighted by atomic mass is 16.5. The van der Waals surface area contributed by atoms with Crippen LogP contribution >= 0.6 is 0 Å². The van der Waals surface area contributed by atoms with Gasteiger partial charge in [0.05, 0.1) is 26.9 Å². The summed E-state index contributed by atoms with van der Waals surface area (Å²) in [6.45, 7) is 4.38. The van der Waals surface area contributed by atoms with E-state index in [1.54, 1.807) is 32.4 Å². The Bertz CT molecular complexity index is 378. The van der Waals surface area contributed by atoms with Crippen molar-refractivity contribution < 1.29 is 19.3 Å². The molecule has 2 unspecified atom stereocenters. The van der Waals surface area contributed by atoms with Gasteiger partial charge in [0.2, 0.25) is 0 Å². The quantitative estimate of drug-likeness (QED) is 0.787. The molecule has 0 aliphatic rings. The smallest absolute Gasteiger partial charge is 0.125 e. The topological polar surface area (TPSA) is 47.9 Å². The van der Waals surface area contributed by atoms with E-state index in [2.05, 4.69) is 6.92 Å². The zero-order chi connectivity index (χ0) is 14.3. The lowest BCUT2D eigenvalue weighted by atomic mass is 10.1. The van der Waals surface area contributed by atoms with E-state index in [1.807, 2.05) is 6.92 Å². The molecular formula is C15H24O4. The summed E-state index contributed by atoms with van der Waals surface area (Å²) in [6.07, 6.45) is 1.49. The molecule has 1 aromatic carbocycles. The minimum atomic E-state index is -0.718. The summed E-state index contributed by atoms with van der Waals surface area (Å²) in [6, 6.07) is 5.36. The second-order valence-corrected chi connectivity index (χ2v) is 4.56. The van der Waals surface area contributed by atoms with Crippen molar-refractivity contribution in [3.05, 3.63) is 23.8 Å². The van der Waals surface area contributed by atoms with Crippen molar-refractivity contribution >= 4 is 0 Å². The van der Waals surface area contributed by atoms with E-state index in [4.69, 9.17) is 14.2 Å². The summed E-state index contributed by atoms with van der Waals surface area (Å²) in [5, 5.41) is 10.2. The fraction of sp³-hybridized carbons (Fsp3) is 0.600. The Hall–Kier alpha value is -1.26. The predicted molar refractivity (Wildman–Crippen MR) is 74.8 cm³/mol. The first-order valence-electron chi connectivity index (χ1n) is 6.63. The first-order valence-corrected chi connectivity index (χ1v) is 6.63. The number of benzene rings is 1. The molecule has 0 aromatic heterocycles. The molecule has 4 heteroatoms. The van der Waals surface area contributed by atoms with Crippen molar-refractivity contribution in [3.8, 4) is 11.5 Å². The Labute approximate surface area is 115 Å². The fourth-order valence-corrected chi connectivity index (χ4v) is 1.93. The molecule has 0 spiro atoms. The molecular weight excluding hydrogens is 244 g/mol. The van der Waals surface area contributed by atoms with Gasteiger partial charge in [-0.1, -0.05) is 13.3 Å². The third-order valence-corrected chi connectivity index (χ3v) is 3.03. The van der Waals surface area contributed by atoms with Crippen LogP contribution in [-0.2, 0) is 4.74 Å². The van der Waals surface area contributed by atoms with Gasteiger partial charge in [0.1, 0.15) is 17.6 Å². The van der Waals surface area contributed by atoms with Gasteiger partial charge in [0, 0.05) is 5.56 Å². The van der Waals surface area contributed by atoms with Crippen LogP contribution in [0.4, 0.5) is 0 Å². The van der Waals surface area contributed by atoms with Gasteiger partial charge in [0.15, 0.2) is 0 Å². The molecule has 0 aliphatic carbocycles. The second-order valence-electron chi connectivity index (χ2n) is 4.56. The molecule has 1 N–H and O–H groups in total. The summed E-state index contributed by atoms with van der Waals surface area (Å²) < 4.78 is 16.0. The Balaban J connectivity index is 2.71. The first-order chi connectivity index (χ1) is 9.12. The SMILES string of the molecule is CCCC(C)OCC(O)c1cc(OC)ccc1OC. The maximum Gasteiger partial charge on any atom is 0.125 e. The predicted octanol–water partition coefficient (Wildman–Crippen LogP) is 2.94. The molecule has 4 nitrogen and oxygen atoms in total. The minimum absolute atomic E-state index is 0.149. The van der Waals surface area contributed by atoms with Crippen molar-refractivity contribution in [2.24, 2.45) is 0 Å². The average molecular weight is 268 g/mol. The van der Waals surface area contributed by atoms with Crippen molar-refractivity contribution in [2.75, 3.05) is 20.8 Å². The van der Waals surface area contributed by atoms with Crippen molar-refractivity contribution in [3.63, 3.8) is 0 Å². The second kappa shape index (κ2) is 8.02. The van der Waals surface area contributed by atoms with Crippen LogP contribution in [0.5, 0.6) is 11.5 Å². The Morgan fingerprint density at radius 2 is 1.95 bits per heavy atom. The molecule has 0 radical (unpaired) electrons. The van der Waals surface area contributed by atoms with Crippen molar-refractivity contribution in [1.29, 1.82) is 0 Å². The third-order valence-electron chi connectivity index (χ3n) is 3.03. The van der Waals surface area contributed by atoms with E-state index in [1.165, 1.54) is 0 Å². The number of hydrogen-bond acceptors (Lipinski definition) is 4. The molecule has 108 valence electrons. The first kappa shape index (κ1) is 15.8. The number of methoxy groups -OCH3 is 2. The third kappa shape index (κ3) is 4.73. The van der Waals surface area contributed by atoms with E-state index in [-0.39, 0.29) is 12.7 Å². The van der Waals surface area contributed by atoms with Gasteiger partial charge in [-0.15, -0.1) is 0 Å². The standard InChI is InChI=1S/C15H24O4/c1-5-6-11(2)19-10-14(16)13-9-12(17-3)7-8-15(13)18-4/h7-9,11,14,16H,5-6,10H2,1-4H3. The molecule has 19 heavy (non-hydrogen) atoms. The number of rotatable bonds is 8. The van der Waals surface area contributed by atoms with Gasteiger partial charge in [0.25, 0.3) is 0 Å². The Morgan fingerprint density at radius 3 is 2.53 bits per heavy atom. The van der Waals surface area contributed by atoms with Crippen LogP contribution < -0.4 is 9.47 Å². The highest BCUT2D eigenvalue weighted by Crippen LogP contribution is 2.29. The number of ether oxygens (including phenoxy) is 3. The van der Waals surface area contributed by atoms with Crippen LogP contribution in [-0.4, -0.2) is 32.0 Å². The molecule has 0 saturated carbocycles. The maximum absolute atomic E-state index is 10.2. The van der Waals surface area contributed by atoms with Crippen LogP contribution in [0, 0.1) is 0 Å². The molecule has 0 fully saturated rings. The number of aliphatic hydroxyl groups is 1. The van der Waals surface area contributed by atoms with Crippen LogP contribution in [0.3, 0.4) is 0 Å². The van der Waals surface area contributed by atoms with Crippen LogP contribution in [0.1, 0.15) is 38.4 Å². The van der Waals surface area contributed by atoms with Crippen LogP contribution in [0.2, 0.25) is 0 Å². The van der Waals surface area contributed by atoms with E-state index >= 15 is 0 Å². The summed E-state index contributed by atoms with van der Waals surface area (Å²) in [7, 11) is 3.18. The van der Waals surface area contributed by atoms with Crippen molar-refractivity contribution in [1.82, 2.24) is 0 Å². The molecule has 0 amide bonds. The molecule has 1 aromatic rings. The van der Waals surface area contributed by atoms with Gasteiger partial charge in [-0.05, 0) is 31.5 Å². The lowest BCUT2D eigenvalue weighted by Gasteiger charge is -2.18. The summed E-state index contributed by atoms with van der Waals surface area (Å²) in [4.78, 5) is 0.